The van der Waals surface area contributed by atoms with Crippen LogP contribution in [0.15, 0.2) is 36.7 Å². The van der Waals surface area contributed by atoms with Gasteiger partial charge >= 0.3 is 5.97 Å². The van der Waals surface area contributed by atoms with Gasteiger partial charge in [0.15, 0.2) is 12.1 Å². The van der Waals surface area contributed by atoms with E-state index in [-0.39, 0.29) is 24.8 Å². The van der Waals surface area contributed by atoms with Crippen LogP contribution in [0.2, 0.25) is 0 Å². The third-order valence-corrected chi connectivity index (χ3v) is 6.09. The van der Waals surface area contributed by atoms with Gasteiger partial charge in [0.25, 0.3) is 0 Å². The second-order valence-corrected chi connectivity index (χ2v) is 9.13. The highest BCUT2D eigenvalue weighted by Gasteiger charge is 2.24. The standard InChI is InChI=1S/C26H30N6O4/c1-16(2)36-18-8-9-22-19(13-18)25(30-32(22)23-7-5-6-12-35-23)26-27-11-10-21(28-26)20-14-31(29-17(20)3)15-24(33)34-4/h8-11,13-14,16,23H,5-7,12,15H2,1-4H3. The molecule has 10 heteroatoms. The van der Waals surface area contributed by atoms with Gasteiger partial charge in [0.1, 0.15) is 18.0 Å². The molecule has 1 fully saturated rings. The fourth-order valence-electron chi connectivity index (χ4n) is 4.44. The summed E-state index contributed by atoms with van der Waals surface area (Å²) in [6.45, 7) is 6.63. The topological polar surface area (TPSA) is 106 Å². The molecule has 4 aromatic rings. The fraction of sp³-hybridized carbons (Fsp3) is 0.423. The molecule has 188 valence electrons. The Bertz CT molecular complexity index is 1390. The molecule has 0 bridgehead atoms. The van der Waals surface area contributed by atoms with Gasteiger partial charge in [0, 0.05) is 30.0 Å². The third kappa shape index (κ3) is 4.81. The highest BCUT2D eigenvalue weighted by Crippen LogP contribution is 2.34. The fourth-order valence-corrected chi connectivity index (χ4v) is 4.44. The first-order chi connectivity index (χ1) is 17.4. The molecule has 0 N–H and O–H groups in total. The van der Waals surface area contributed by atoms with E-state index in [2.05, 4.69) is 10.1 Å². The summed E-state index contributed by atoms with van der Waals surface area (Å²) < 4.78 is 20.3. The summed E-state index contributed by atoms with van der Waals surface area (Å²) in [5.41, 5.74) is 3.87. The number of aromatic nitrogens is 6. The minimum atomic E-state index is -0.367. The number of methoxy groups -OCH3 is 1. The molecule has 1 aromatic carbocycles. The number of rotatable bonds is 7. The second-order valence-electron chi connectivity index (χ2n) is 9.13. The Hall–Kier alpha value is -3.79. The van der Waals surface area contributed by atoms with Gasteiger partial charge in [-0.3, -0.25) is 9.48 Å². The van der Waals surface area contributed by atoms with Crippen LogP contribution in [0, 0.1) is 6.92 Å². The van der Waals surface area contributed by atoms with E-state index in [1.165, 1.54) is 7.11 Å². The van der Waals surface area contributed by atoms with Gasteiger partial charge in [0.2, 0.25) is 0 Å². The Morgan fingerprint density at radius 3 is 2.83 bits per heavy atom. The average Bonchev–Trinajstić information content (AvgIpc) is 3.44. The van der Waals surface area contributed by atoms with Gasteiger partial charge in [-0.15, -0.1) is 0 Å². The maximum Gasteiger partial charge on any atom is 0.327 e. The third-order valence-electron chi connectivity index (χ3n) is 6.09. The first-order valence-electron chi connectivity index (χ1n) is 12.2. The zero-order chi connectivity index (χ0) is 25.2. The molecule has 0 saturated carbocycles. The molecular formula is C26H30N6O4. The zero-order valence-electron chi connectivity index (χ0n) is 21.0. The van der Waals surface area contributed by atoms with E-state index in [1.807, 2.05) is 49.7 Å². The number of hydrogen-bond donors (Lipinski definition) is 0. The molecular weight excluding hydrogens is 460 g/mol. The van der Waals surface area contributed by atoms with Crippen LogP contribution in [0.5, 0.6) is 5.75 Å². The van der Waals surface area contributed by atoms with Crippen molar-refractivity contribution in [3.63, 3.8) is 0 Å². The minimum Gasteiger partial charge on any atom is -0.491 e. The van der Waals surface area contributed by atoms with Crippen LogP contribution in [-0.4, -0.2) is 55.3 Å². The van der Waals surface area contributed by atoms with E-state index < -0.39 is 0 Å². The molecule has 0 spiro atoms. The summed E-state index contributed by atoms with van der Waals surface area (Å²) >= 11 is 0. The summed E-state index contributed by atoms with van der Waals surface area (Å²) in [6.07, 6.45) is 6.48. The number of benzene rings is 1. The van der Waals surface area contributed by atoms with Crippen molar-refractivity contribution in [1.82, 2.24) is 29.5 Å². The summed E-state index contributed by atoms with van der Waals surface area (Å²) in [7, 11) is 1.36. The van der Waals surface area contributed by atoms with E-state index in [1.54, 1.807) is 17.1 Å². The van der Waals surface area contributed by atoms with Gasteiger partial charge < -0.3 is 14.2 Å². The summed E-state index contributed by atoms with van der Waals surface area (Å²) in [6, 6.07) is 7.80. The molecule has 1 saturated heterocycles. The molecule has 1 unspecified atom stereocenters. The number of fused-ring (bicyclic) bond motifs is 1. The lowest BCUT2D eigenvalue weighted by Gasteiger charge is -2.23. The lowest BCUT2D eigenvalue weighted by atomic mass is 10.1. The number of hydrogen-bond acceptors (Lipinski definition) is 8. The molecule has 36 heavy (non-hydrogen) atoms. The lowest BCUT2D eigenvalue weighted by molar-refractivity contribution is -0.141. The molecule has 5 rings (SSSR count). The Morgan fingerprint density at radius 2 is 2.08 bits per heavy atom. The zero-order valence-corrected chi connectivity index (χ0v) is 21.0. The van der Waals surface area contributed by atoms with E-state index in [9.17, 15) is 4.79 Å². The van der Waals surface area contributed by atoms with Crippen molar-refractivity contribution in [2.45, 2.75) is 58.9 Å². The molecule has 1 aliphatic heterocycles. The van der Waals surface area contributed by atoms with Gasteiger partial charge in [0.05, 0.1) is 30.1 Å². The van der Waals surface area contributed by atoms with Crippen LogP contribution in [0.25, 0.3) is 33.7 Å². The van der Waals surface area contributed by atoms with E-state index in [0.29, 0.717) is 17.2 Å². The summed E-state index contributed by atoms with van der Waals surface area (Å²) in [5.74, 6) is 0.890. The van der Waals surface area contributed by atoms with E-state index >= 15 is 0 Å². The van der Waals surface area contributed by atoms with Crippen molar-refractivity contribution in [1.29, 1.82) is 0 Å². The van der Waals surface area contributed by atoms with Crippen LogP contribution in [0.4, 0.5) is 0 Å². The monoisotopic (exact) mass is 490 g/mol. The van der Waals surface area contributed by atoms with E-state index in [0.717, 1.165) is 53.8 Å². The predicted octanol–water partition coefficient (Wildman–Crippen LogP) is 4.32. The van der Waals surface area contributed by atoms with Crippen molar-refractivity contribution in [2.75, 3.05) is 13.7 Å². The van der Waals surface area contributed by atoms with Crippen LogP contribution in [0.3, 0.4) is 0 Å². The first-order valence-corrected chi connectivity index (χ1v) is 12.2. The van der Waals surface area contributed by atoms with Gasteiger partial charge in [-0.2, -0.15) is 10.2 Å². The van der Waals surface area contributed by atoms with Crippen LogP contribution < -0.4 is 4.74 Å². The van der Waals surface area contributed by atoms with Crippen molar-refractivity contribution in [2.24, 2.45) is 0 Å². The Morgan fingerprint density at radius 1 is 1.22 bits per heavy atom. The van der Waals surface area contributed by atoms with Gasteiger partial charge in [-0.05, 0) is 64.3 Å². The number of esters is 1. The number of aryl methyl sites for hydroxylation is 1. The number of ether oxygens (including phenoxy) is 3. The van der Waals surface area contributed by atoms with Crippen LogP contribution >= 0.6 is 0 Å². The van der Waals surface area contributed by atoms with Crippen molar-refractivity contribution < 1.29 is 19.0 Å². The maximum absolute atomic E-state index is 11.7. The van der Waals surface area contributed by atoms with Gasteiger partial charge in [-0.1, -0.05) is 0 Å². The summed E-state index contributed by atoms with van der Waals surface area (Å²) in [5, 5.41) is 10.3. The Labute approximate surface area is 209 Å². The molecule has 10 nitrogen and oxygen atoms in total. The largest absolute Gasteiger partial charge is 0.491 e. The normalized spacial score (nSPS) is 16.0. The number of nitrogens with zero attached hydrogens (tertiary/aromatic N) is 6. The number of carbonyl (C=O) groups excluding carboxylic acids is 1. The lowest BCUT2D eigenvalue weighted by Crippen LogP contribution is -2.19. The molecule has 0 amide bonds. The quantitative estimate of drug-likeness (QED) is 0.353. The van der Waals surface area contributed by atoms with Crippen LogP contribution in [0.1, 0.15) is 45.0 Å². The molecule has 1 aliphatic rings. The van der Waals surface area contributed by atoms with Crippen molar-refractivity contribution in [3.05, 3.63) is 42.4 Å². The predicted molar refractivity (Wildman–Crippen MR) is 133 cm³/mol. The van der Waals surface area contributed by atoms with Crippen LogP contribution in [-0.2, 0) is 20.8 Å². The Balaban J connectivity index is 1.58. The molecule has 4 heterocycles. The average molecular weight is 491 g/mol. The number of carbonyl (C=O) groups is 1. The SMILES string of the molecule is COC(=O)Cn1cc(-c2ccnc(-c3nn(C4CCCCO4)c4ccc(OC(C)C)cc34)n2)c(C)n1. The molecule has 1 atom stereocenters. The molecule has 0 radical (unpaired) electrons. The molecule has 3 aromatic heterocycles. The molecule has 0 aliphatic carbocycles. The van der Waals surface area contributed by atoms with Crippen molar-refractivity contribution >= 4 is 16.9 Å². The maximum atomic E-state index is 11.7. The minimum absolute atomic E-state index is 0.0321. The summed E-state index contributed by atoms with van der Waals surface area (Å²) in [4.78, 5) is 21.1. The Kier molecular flexibility index (Phi) is 6.69. The highest BCUT2D eigenvalue weighted by molar-refractivity contribution is 5.93. The van der Waals surface area contributed by atoms with Gasteiger partial charge in [-0.25, -0.2) is 14.6 Å². The first kappa shape index (κ1) is 23.9. The van der Waals surface area contributed by atoms with Crippen molar-refractivity contribution in [3.8, 4) is 28.5 Å². The second kappa shape index (κ2) is 10.1. The van der Waals surface area contributed by atoms with E-state index in [4.69, 9.17) is 24.3 Å². The highest BCUT2D eigenvalue weighted by atomic mass is 16.5. The smallest absolute Gasteiger partial charge is 0.327 e.